The van der Waals surface area contributed by atoms with Gasteiger partial charge in [-0.15, -0.1) is 0 Å². The minimum atomic E-state index is -0.254. The van der Waals surface area contributed by atoms with E-state index in [0.29, 0.717) is 17.0 Å². The highest BCUT2D eigenvalue weighted by Crippen LogP contribution is 2.28. The number of ether oxygens (including phenoxy) is 1. The molecule has 2 aromatic carbocycles. The number of amides is 2. The predicted octanol–water partition coefficient (Wildman–Crippen LogP) is 3.75. The summed E-state index contributed by atoms with van der Waals surface area (Å²) in [5.74, 6) is 0.238. The molecule has 0 heterocycles. The third-order valence-electron chi connectivity index (χ3n) is 4.55. The summed E-state index contributed by atoms with van der Waals surface area (Å²) in [5.41, 5.74) is 2.52. The Morgan fingerprint density at radius 3 is 2.15 bits per heavy atom. The Labute approximate surface area is 154 Å². The van der Waals surface area contributed by atoms with Crippen molar-refractivity contribution < 1.29 is 14.3 Å². The maximum absolute atomic E-state index is 12.0. The average Bonchev–Trinajstić information content (AvgIpc) is 2.66. The summed E-state index contributed by atoms with van der Waals surface area (Å²) >= 11 is 0. The lowest BCUT2D eigenvalue weighted by atomic mass is 9.82. The summed E-state index contributed by atoms with van der Waals surface area (Å²) in [7, 11) is 1.57. The normalized spacial score (nSPS) is 10.9. The lowest BCUT2D eigenvalue weighted by Gasteiger charge is -2.23. The zero-order valence-corrected chi connectivity index (χ0v) is 15.8. The van der Waals surface area contributed by atoms with Gasteiger partial charge in [-0.25, -0.2) is 0 Å². The molecule has 5 heteroatoms. The van der Waals surface area contributed by atoms with Crippen molar-refractivity contribution in [3.8, 4) is 5.75 Å². The number of benzene rings is 2. The Bertz CT molecular complexity index is 750. The van der Waals surface area contributed by atoms with Gasteiger partial charge in [0.1, 0.15) is 5.75 Å². The molecule has 0 aliphatic rings. The number of anilines is 1. The lowest BCUT2D eigenvalue weighted by molar-refractivity contribution is -0.118. The van der Waals surface area contributed by atoms with Crippen LogP contribution in [0.15, 0.2) is 48.5 Å². The van der Waals surface area contributed by atoms with E-state index in [1.54, 1.807) is 31.3 Å². The first kappa shape index (κ1) is 19.5. The smallest absolute Gasteiger partial charge is 0.262 e. The standard InChI is InChI=1S/C21H26N2O3/c1-5-21(2,3)16-8-12-18(13-9-16)26-14-19(24)23-17-10-6-15(7-11-17)20(25)22-4/h6-13H,5,14H2,1-4H3,(H,22,25)(H,23,24). The average molecular weight is 354 g/mol. The van der Waals surface area contributed by atoms with Crippen LogP contribution in [-0.2, 0) is 10.2 Å². The second kappa shape index (κ2) is 8.52. The van der Waals surface area contributed by atoms with Crippen molar-refractivity contribution in [2.75, 3.05) is 19.0 Å². The third-order valence-corrected chi connectivity index (χ3v) is 4.55. The fourth-order valence-electron chi connectivity index (χ4n) is 2.40. The topological polar surface area (TPSA) is 67.4 Å². The van der Waals surface area contributed by atoms with Crippen LogP contribution in [0.5, 0.6) is 5.75 Å². The van der Waals surface area contributed by atoms with Crippen LogP contribution in [0.2, 0.25) is 0 Å². The Morgan fingerprint density at radius 2 is 1.62 bits per heavy atom. The van der Waals surface area contributed by atoms with Gasteiger partial charge >= 0.3 is 0 Å². The summed E-state index contributed by atoms with van der Waals surface area (Å²) in [6, 6.07) is 14.5. The van der Waals surface area contributed by atoms with Crippen molar-refractivity contribution in [3.63, 3.8) is 0 Å². The highest BCUT2D eigenvalue weighted by molar-refractivity contribution is 5.95. The summed E-state index contributed by atoms with van der Waals surface area (Å²) in [5, 5.41) is 5.30. The molecule has 2 aromatic rings. The molecule has 0 bridgehead atoms. The molecule has 0 unspecified atom stereocenters. The number of hydrogen-bond acceptors (Lipinski definition) is 3. The van der Waals surface area contributed by atoms with E-state index in [4.69, 9.17) is 4.74 Å². The Hall–Kier alpha value is -2.82. The first-order chi connectivity index (χ1) is 12.4. The zero-order chi connectivity index (χ0) is 19.2. The number of rotatable bonds is 7. The molecule has 5 nitrogen and oxygen atoms in total. The third kappa shape index (κ3) is 5.09. The fourth-order valence-corrected chi connectivity index (χ4v) is 2.40. The van der Waals surface area contributed by atoms with E-state index in [9.17, 15) is 9.59 Å². The summed E-state index contributed by atoms with van der Waals surface area (Å²) in [6.07, 6.45) is 1.05. The van der Waals surface area contributed by atoms with Gasteiger partial charge in [0.2, 0.25) is 0 Å². The molecule has 0 aromatic heterocycles. The maximum Gasteiger partial charge on any atom is 0.262 e. The van der Waals surface area contributed by atoms with Gasteiger partial charge in [-0.2, -0.15) is 0 Å². The largest absolute Gasteiger partial charge is 0.484 e. The van der Waals surface area contributed by atoms with Crippen LogP contribution in [-0.4, -0.2) is 25.5 Å². The van der Waals surface area contributed by atoms with Crippen molar-refractivity contribution in [1.82, 2.24) is 5.32 Å². The molecule has 0 atom stereocenters. The van der Waals surface area contributed by atoms with Gasteiger partial charge in [0, 0.05) is 18.3 Å². The van der Waals surface area contributed by atoms with Gasteiger partial charge in [-0.05, 0) is 53.8 Å². The zero-order valence-electron chi connectivity index (χ0n) is 15.8. The second-order valence-electron chi connectivity index (χ2n) is 6.76. The van der Waals surface area contributed by atoms with E-state index in [2.05, 4.69) is 31.4 Å². The van der Waals surface area contributed by atoms with Gasteiger partial charge in [0.25, 0.3) is 11.8 Å². The highest BCUT2D eigenvalue weighted by atomic mass is 16.5. The van der Waals surface area contributed by atoms with E-state index in [1.807, 2.05) is 24.3 Å². The molecular weight excluding hydrogens is 328 g/mol. The predicted molar refractivity (Wildman–Crippen MR) is 104 cm³/mol. The van der Waals surface area contributed by atoms with Crippen molar-refractivity contribution in [3.05, 3.63) is 59.7 Å². The maximum atomic E-state index is 12.0. The summed E-state index contributed by atoms with van der Waals surface area (Å²) < 4.78 is 5.54. The molecule has 138 valence electrons. The minimum absolute atomic E-state index is 0.0757. The van der Waals surface area contributed by atoms with Crippen LogP contribution < -0.4 is 15.4 Å². The minimum Gasteiger partial charge on any atom is -0.484 e. The second-order valence-corrected chi connectivity index (χ2v) is 6.76. The molecule has 0 spiro atoms. The molecular formula is C21H26N2O3. The van der Waals surface area contributed by atoms with Gasteiger partial charge in [0.15, 0.2) is 6.61 Å². The number of carbonyl (C=O) groups excluding carboxylic acids is 2. The van der Waals surface area contributed by atoms with Crippen molar-refractivity contribution in [2.24, 2.45) is 0 Å². The van der Waals surface area contributed by atoms with Crippen LogP contribution in [0.25, 0.3) is 0 Å². The van der Waals surface area contributed by atoms with Gasteiger partial charge in [-0.3, -0.25) is 9.59 Å². The Morgan fingerprint density at radius 1 is 1.00 bits per heavy atom. The van der Waals surface area contributed by atoms with Crippen LogP contribution in [0.4, 0.5) is 5.69 Å². The van der Waals surface area contributed by atoms with Gasteiger partial charge in [-0.1, -0.05) is 32.9 Å². The molecule has 0 saturated carbocycles. The van der Waals surface area contributed by atoms with Crippen LogP contribution in [0.3, 0.4) is 0 Å². The summed E-state index contributed by atoms with van der Waals surface area (Å²) in [6.45, 7) is 6.49. The van der Waals surface area contributed by atoms with Crippen LogP contribution >= 0.6 is 0 Å². The SMILES string of the molecule is CCC(C)(C)c1ccc(OCC(=O)Nc2ccc(C(=O)NC)cc2)cc1. The van der Waals surface area contributed by atoms with Gasteiger partial charge < -0.3 is 15.4 Å². The molecule has 2 amide bonds. The number of carbonyl (C=O) groups is 2. The van der Waals surface area contributed by atoms with Crippen molar-refractivity contribution >= 4 is 17.5 Å². The molecule has 2 N–H and O–H groups in total. The van der Waals surface area contributed by atoms with E-state index in [0.717, 1.165) is 6.42 Å². The van der Waals surface area contributed by atoms with Gasteiger partial charge in [0.05, 0.1) is 0 Å². The van der Waals surface area contributed by atoms with E-state index < -0.39 is 0 Å². The van der Waals surface area contributed by atoms with Crippen molar-refractivity contribution in [1.29, 1.82) is 0 Å². The fraction of sp³-hybridized carbons (Fsp3) is 0.333. The van der Waals surface area contributed by atoms with E-state index in [-0.39, 0.29) is 23.8 Å². The number of nitrogens with one attached hydrogen (secondary N) is 2. The van der Waals surface area contributed by atoms with Crippen LogP contribution in [0, 0.1) is 0 Å². The van der Waals surface area contributed by atoms with E-state index >= 15 is 0 Å². The molecule has 0 fully saturated rings. The number of hydrogen-bond donors (Lipinski definition) is 2. The highest BCUT2D eigenvalue weighted by Gasteiger charge is 2.17. The van der Waals surface area contributed by atoms with E-state index in [1.165, 1.54) is 5.56 Å². The molecule has 0 aliphatic heterocycles. The van der Waals surface area contributed by atoms with Crippen molar-refractivity contribution in [2.45, 2.75) is 32.6 Å². The summed E-state index contributed by atoms with van der Waals surface area (Å²) in [4.78, 5) is 23.5. The Balaban J connectivity index is 1.88. The first-order valence-electron chi connectivity index (χ1n) is 8.71. The monoisotopic (exact) mass is 354 g/mol. The molecule has 0 saturated heterocycles. The first-order valence-corrected chi connectivity index (χ1v) is 8.71. The lowest BCUT2D eigenvalue weighted by Crippen LogP contribution is -2.21. The molecule has 2 rings (SSSR count). The molecule has 26 heavy (non-hydrogen) atoms. The Kier molecular flexibility index (Phi) is 6.39. The van der Waals surface area contributed by atoms with Crippen LogP contribution in [0.1, 0.15) is 43.1 Å². The quantitative estimate of drug-likeness (QED) is 0.796. The molecule has 0 radical (unpaired) electrons. The molecule has 0 aliphatic carbocycles.